The molecule has 0 spiro atoms. The lowest BCUT2D eigenvalue weighted by Gasteiger charge is -2.15. The van der Waals surface area contributed by atoms with Gasteiger partial charge in [0.05, 0.1) is 22.5 Å². The topological polar surface area (TPSA) is 71.8 Å². The molecule has 4 rings (SSSR count). The predicted octanol–water partition coefficient (Wildman–Crippen LogP) is 5.39. The van der Waals surface area contributed by atoms with Crippen molar-refractivity contribution in [1.82, 2.24) is 20.1 Å². The maximum atomic E-state index is 12.8. The average Bonchev–Trinajstić information content (AvgIpc) is 3.27. The number of pyridine rings is 1. The second-order valence-electron chi connectivity index (χ2n) is 7.45. The zero-order chi connectivity index (χ0) is 21.6. The van der Waals surface area contributed by atoms with Crippen LogP contribution in [-0.4, -0.2) is 27.2 Å². The molecule has 6 heteroatoms. The van der Waals surface area contributed by atoms with Gasteiger partial charge in [0.2, 0.25) is 0 Å². The molecule has 0 unspecified atom stereocenters. The number of aryl methyl sites for hydroxylation is 1. The van der Waals surface area contributed by atoms with Crippen LogP contribution >= 0.6 is 0 Å². The van der Waals surface area contributed by atoms with Gasteiger partial charge in [-0.25, -0.2) is 0 Å². The van der Waals surface area contributed by atoms with E-state index in [4.69, 9.17) is 5.10 Å². The monoisotopic (exact) mass is 413 g/mol. The summed E-state index contributed by atoms with van der Waals surface area (Å²) >= 11 is 0. The Balaban J connectivity index is 1.81. The second-order valence-corrected chi connectivity index (χ2v) is 7.45. The molecule has 0 aliphatic carbocycles. The van der Waals surface area contributed by atoms with E-state index in [0.717, 1.165) is 52.9 Å². The lowest BCUT2D eigenvalue weighted by Crippen LogP contribution is -2.23. The minimum atomic E-state index is -0.149. The Morgan fingerprint density at radius 3 is 2.68 bits per heavy atom. The first-order valence-corrected chi connectivity index (χ1v) is 10.8. The molecule has 0 saturated carbocycles. The summed E-state index contributed by atoms with van der Waals surface area (Å²) in [6, 6.07) is 17.9. The number of fused-ring (bicyclic) bond motifs is 1. The third kappa shape index (κ3) is 4.58. The van der Waals surface area contributed by atoms with Crippen LogP contribution in [0.15, 0.2) is 67.0 Å². The number of unbranched alkanes of at least 4 members (excludes halogenated alkanes) is 1. The summed E-state index contributed by atoms with van der Waals surface area (Å²) < 4.78 is 1.98. The Kier molecular flexibility index (Phi) is 6.26. The van der Waals surface area contributed by atoms with Gasteiger partial charge >= 0.3 is 0 Å². The third-order valence-corrected chi connectivity index (χ3v) is 5.17. The van der Waals surface area contributed by atoms with Gasteiger partial charge in [-0.05, 0) is 43.7 Å². The Bertz CT molecular complexity index is 1180. The molecule has 0 fully saturated rings. The highest BCUT2D eigenvalue weighted by Crippen LogP contribution is 2.32. The SMILES string of the molecule is CCCCn1ccc(-c2ccc3ncc(C(=O)NCC)c(Nc4ccccc4)c3c2)n1. The number of hydrogen-bond acceptors (Lipinski definition) is 4. The van der Waals surface area contributed by atoms with Crippen molar-refractivity contribution in [3.8, 4) is 11.3 Å². The number of carbonyl (C=O) groups excluding carboxylic acids is 1. The maximum absolute atomic E-state index is 12.8. The lowest BCUT2D eigenvalue weighted by atomic mass is 10.0. The average molecular weight is 414 g/mol. The van der Waals surface area contributed by atoms with E-state index < -0.39 is 0 Å². The van der Waals surface area contributed by atoms with Gasteiger partial charge in [-0.3, -0.25) is 14.5 Å². The minimum absolute atomic E-state index is 0.149. The molecule has 6 nitrogen and oxygen atoms in total. The summed E-state index contributed by atoms with van der Waals surface area (Å²) in [4.78, 5) is 17.3. The number of hydrogen-bond donors (Lipinski definition) is 2. The first kappa shape index (κ1) is 20.6. The third-order valence-electron chi connectivity index (χ3n) is 5.17. The van der Waals surface area contributed by atoms with E-state index in [1.54, 1.807) is 6.20 Å². The first-order valence-electron chi connectivity index (χ1n) is 10.8. The van der Waals surface area contributed by atoms with E-state index in [0.29, 0.717) is 12.1 Å². The van der Waals surface area contributed by atoms with Crippen molar-refractivity contribution >= 4 is 28.2 Å². The van der Waals surface area contributed by atoms with Crippen molar-refractivity contribution in [1.29, 1.82) is 0 Å². The van der Waals surface area contributed by atoms with E-state index in [-0.39, 0.29) is 5.91 Å². The van der Waals surface area contributed by atoms with Crippen molar-refractivity contribution < 1.29 is 4.79 Å². The van der Waals surface area contributed by atoms with E-state index >= 15 is 0 Å². The molecular formula is C25H27N5O. The molecule has 0 bridgehead atoms. The molecule has 0 saturated heterocycles. The number of amides is 1. The fourth-order valence-electron chi connectivity index (χ4n) is 3.54. The lowest BCUT2D eigenvalue weighted by molar-refractivity contribution is 0.0956. The van der Waals surface area contributed by atoms with Gasteiger partial charge in [-0.1, -0.05) is 37.6 Å². The van der Waals surface area contributed by atoms with Crippen molar-refractivity contribution in [3.63, 3.8) is 0 Å². The van der Waals surface area contributed by atoms with Crippen molar-refractivity contribution in [2.75, 3.05) is 11.9 Å². The van der Waals surface area contributed by atoms with Gasteiger partial charge in [-0.2, -0.15) is 5.10 Å². The van der Waals surface area contributed by atoms with Crippen LogP contribution in [0.25, 0.3) is 22.2 Å². The Hall–Kier alpha value is -3.67. The highest BCUT2D eigenvalue weighted by Gasteiger charge is 2.16. The van der Waals surface area contributed by atoms with Crippen molar-refractivity contribution in [2.45, 2.75) is 33.2 Å². The molecule has 1 amide bonds. The molecule has 4 aromatic rings. The van der Waals surface area contributed by atoms with Crippen LogP contribution in [0.3, 0.4) is 0 Å². The van der Waals surface area contributed by atoms with Crippen LogP contribution in [0.2, 0.25) is 0 Å². The molecule has 2 aromatic carbocycles. The van der Waals surface area contributed by atoms with E-state index in [1.165, 1.54) is 0 Å². The van der Waals surface area contributed by atoms with Crippen LogP contribution in [-0.2, 0) is 6.54 Å². The molecule has 158 valence electrons. The van der Waals surface area contributed by atoms with E-state index in [9.17, 15) is 4.79 Å². The zero-order valence-corrected chi connectivity index (χ0v) is 17.9. The number of rotatable bonds is 8. The van der Waals surface area contributed by atoms with Gasteiger partial charge < -0.3 is 10.6 Å². The molecule has 0 aliphatic heterocycles. The molecule has 31 heavy (non-hydrogen) atoms. The molecule has 2 aromatic heterocycles. The largest absolute Gasteiger partial charge is 0.354 e. The summed E-state index contributed by atoms with van der Waals surface area (Å²) in [5.74, 6) is -0.149. The van der Waals surface area contributed by atoms with Crippen LogP contribution in [0.1, 0.15) is 37.0 Å². The van der Waals surface area contributed by atoms with Crippen molar-refractivity contribution in [2.24, 2.45) is 0 Å². The molecule has 0 aliphatic rings. The molecular weight excluding hydrogens is 386 g/mol. The number of anilines is 2. The van der Waals surface area contributed by atoms with E-state index in [1.807, 2.05) is 66.3 Å². The van der Waals surface area contributed by atoms with Crippen LogP contribution in [0, 0.1) is 0 Å². The predicted molar refractivity (Wildman–Crippen MR) is 126 cm³/mol. The minimum Gasteiger partial charge on any atom is -0.354 e. The molecule has 0 atom stereocenters. The number of para-hydroxylation sites is 1. The quantitative estimate of drug-likeness (QED) is 0.406. The normalized spacial score (nSPS) is 10.9. The number of benzene rings is 2. The second kappa shape index (κ2) is 9.43. The number of nitrogens with one attached hydrogen (secondary N) is 2. The van der Waals surface area contributed by atoms with Crippen LogP contribution in [0.4, 0.5) is 11.4 Å². The van der Waals surface area contributed by atoms with Gasteiger partial charge in [-0.15, -0.1) is 0 Å². The number of nitrogens with zero attached hydrogens (tertiary/aromatic N) is 3. The smallest absolute Gasteiger partial charge is 0.254 e. The van der Waals surface area contributed by atoms with E-state index in [2.05, 4.69) is 28.6 Å². The Labute approximate surface area is 182 Å². The maximum Gasteiger partial charge on any atom is 0.254 e. The van der Waals surface area contributed by atoms with Gasteiger partial charge in [0.1, 0.15) is 0 Å². The fourth-order valence-corrected chi connectivity index (χ4v) is 3.54. The summed E-state index contributed by atoms with van der Waals surface area (Å²) in [5.41, 5.74) is 4.90. The van der Waals surface area contributed by atoms with Crippen molar-refractivity contribution in [3.05, 3.63) is 72.6 Å². The highest BCUT2D eigenvalue weighted by atomic mass is 16.1. The fraction of sp³-hybridized carbons (Fsp3) is 0.240. The summed E-state index contributed by atoms with van der Waals surface area (Å²) in [6.45, 7) is 5.54. The Morgan fingerprint density at radius 2 is 1.90 bits per heavy atom. The zero-order valence-electron chi connectivity index (χ0n) is 17.9. The standard InChI is InChI=1S/C25H27N5O/c1-3-5-14-30-15-13-22(29-30)18-11-12-23-20(16-18)24(28-19-9-7-6-8-10-19)21(17-27-23)25(31)26-4-2/h6-13,15-17H,3-5,14H2,1-2H3,(H,26,31)(H,27,28). The van der Waals surface area contributed by atoms with Crippen LogP contribution < -0.4 is 10.6 Å². The summed E-state index contributed by atoms with van der Waals surface area (Å²) in [7, 11) is 0. The van der Waals surface area contributed by atoms with Gasteiger partial charge in [0, 0.05) is 42.1 Å². The molecule has 2 heterocycles. The summed E-state index contributed by atoms with van der Waals surface area (Å²) in [5, 5.41) is 11.9. The number of aromatic nitrogens is 3. The van der Waals surface area contributed by atoms with Gasteiger partial charge in [0.25, 0.3) is 5.91 Å². The first-order chi connectivity index (χ1) is 15.2. The number of carbonyl (C=O) groups is 1. The Morgan fingerprint density at radius 1 is 1.06 bits per heavy atom. The van der Waals surface area contributed by atoms with Gasteiger partial charge in [0.15, 0.2) is 0 Å². The molecule has 2 N–H and O–H groups in total. The highest BCUT2D eigenvalue weighted by molar-refractivity contribution is 6.08. The summed E-state index contributed by atoms with van der Waals surface area (Å²) in [6.07, 6.45) is 5.89. The molecule has 0 radical (unpaired) electrons. The van der Waals surface area contributed by atoms with Crippen LogP contribution in [0.5, 0.6) is 0 Å².